The third-order valence-electron chi connectivity index (χ3n) is 5.21. The van der Waals surface area contributed by atoms with Gasteiger partial charge in [-0.15, -0.1) is 0 Å². The number of hydrogen-bond donors (Lipinski definition) is 0. The van der Waals surface area contributed by atoms with E-state index in [-0.39, 0.29) is 17.6 Å². The van der Waals surface area contributed by atoms with E-state index in [9.17, 15) is 14.0 Å². The van der Waals surface area contributed by atoms with Crippen molar-refractivity contribution < 1.29 is 14.0 Å². The molecule has 0 saturated carbocycles. The van der Waals surface area contributed by atoms with Gasteiger partial charge >= 0.3 is 0 Å². The Hall–Kier alpha value is -2.95. The van der Waals surface area contributed by atoms with E-state index >= 15 is 0 Å². The number of benzene rings is 2. The van der Waals surface area contributed by atoms with E-state index in [2.05, 4.69) is 0 Å². The van der Waals surface area contributed by atoms with Gasteiger partial charge in [-0.25, -0.2) is 9.29 Å². The van der Waals surface area contributed by atoms with Crippen LogP contribution in [0.3, 0.4) is 0 Å². The second kappa shape index (κ2) is 6.65. The summed E-state index contributed by atoms with van der Waals surface area (Å²) in [6, 6.07) is 11.4. The van der Waals surface area contributed by atoms with Gasteiger partial charge in [0.2, 0.25) is 0 Å². The fourth-order valence-corrected chi connectivity index (χ4v) is 3.90. The highest BCUT2D eigenvalue weighted by molar-refractivity contribution is 6.45. The van der Waals surface area contributed by atoms with Crippen LogP contribution in [0.25, 0.3) is 5.57 Å². The summed E-state index contributed by atoms with van der Waals surface area (Å²) in [5.74, 6) is -1.02. The first-order valence-electron chi connectivity index (χ1n) is 9.18. The van der Waals surface area contributed by atoms with Crippen molar-refractivity contribution in [1.29, 1.82) is 0 Å². The zero-order valence-corrected chi connectivity index (χ0v) is 15.5. The topological polar surface area (TPSA) is 40.6 Å². The molecule has 0 spiro atoms. The maximum absolute atomic E-state index is 13.4. The van der Waals surface area contributed by atoms with Gasteiger partial charge in [0.05, 0.1) is 11.3 Å². The van der Waals surface area contributed by atoms with E-state index in [1.165, 1.54) is 17.0 Å². The van der Waals surface area contributed by atoms with E-state index in [0.29, 0.717) is 22.5 Å². The Kier molecular flexibility index (Phi) is 4.30. The van der Waals surface area contributed by atoms with Crippen molar-refractivity contribution in [3.63, 3.8) is 0 Å². The van der Waals surface area contributed by atoms with Gasteiger partial charge in [0, 0.05) is 13.1 Å². The predicted octanol–water partition coefficient (Wildman–Crippen LogP) is 3.82. The summed E-state index contributed by atoms with van der Waals surface area (Å²) in [4.78, 5) is 29.9. The van der Waals surface area contributed by atoms with Crippen molar-refractivity contribution in [3.8, 4) is 0 Å². The summed E-state index contributed by atoms with van der Waals surface area (Å²) in [7, 11) is 0. The molecular formula is C22H21FN2O2. The highest BCUT2D eigenvalue weighted by Crippen LogP contribution is 2.37. The van der Waals surface area contributed by atoms with Crippen LogP contribution in [-0.2, 0) is 9.59 Å². The smallest absolute Gasteiger partial charge is 0.282 e. The Labute approximate surface area is 157 Å². The van der Waals surface area contributed by atoms with Crippen LogP contribution >= 0.6 is 0 Å². The van der Waals surface area contributed by atoms with E-state index in [1.54, 1.807) is 12.1 Å². The van der Waals surface area contributed by atoms with Crippen LogP contribution in [0.15, 0.2) is 48.2 Å². The fraction of sp³-hybridized carbons (Fsp3) is 0.273. The summed E-state index contributed by atoms with van der Waals surface area (Å²) in [6.45, 7) is 5.37. The number of carbonyl (C=O) groups excluding carboxylic acids is 2. The van der Waals surface area contributed by atoms with Gasteiger partial charge in [-0.05, 0) is 56.0 Å². The largest absolute Gasteiger partial charge is 0.366 e. The molecule has 0 aromatic heterocycles. The Balaban J connectivity index is 1.85. The van der Waals surface area contributed by atoms with Crippen molar-refractivity contribution in [2.45, 2.75) is 26.7 Å². The molecule has 0 bridgehead atoms. The van der Waals surface area contributed by atoms with Crippen LogP contribution < -0.4 is 4.90 Å². The molecule has 5 heteroatoms. The minimum absolute atomic E-state index is 0.298. The molecule has 2 aliphatic rings. The second-order valence-electron chi connectivity index (χ2n) is 7.16. The van der Waals surface area contributed by atoms with Crippen molar-refractivity contribution >= 4 is 23.1 Å². The van der Waals surface area contributed by atoms with Crippen LogP contribution in [0.1, 0.15) is 29.5 Å². The fourth-order valence-electron chi connectivity index (χ4n) is 3.90. The van der Waals surface area contributed by atoms with E-state index in [4.69, 9.17) is 0 Å². The molecule has 27 heavy (non-hydrogen) atoms. The molecule has 2 heterocycles. The van der Waals surface area contributed by atoms with Gasteiger partial charge in [0.1, 0.15) is 11.5 Å². The summed E-state index contributed by atoms with van der Waals surface area (Å²) in [5, 5.41) is 0. The average molecular weight is 364 g/mol. The van der Waals surface area contributed by atoms with Gasteiger partial charge in [0.15, 0.2) is 0 Å². The third-order valence-corrected chi connectivity index (χ3v) is 5.21. The molecule has 4 rings (SSSR count). The molecular weight excluding hydrogens is 343 g/mol. The van der Waals surface area contributed by atoms with Crippen molar-refractivity contribution in [2.24, 2.45) is 0 Å². The number of rotatable bonds is 3. The van der Waals surface area contributed by atoms with Crippen LogP contribution in [-0.4, -0.2) is 29.8 Å². The number of carbonyl (C=O) groups is 2. The summed E-state index contributed by atoms with van der Waals surface area (Å²) < 4.78 is 13.4. The Morgan fingerprint density at radius 3 is 2.19 bits per heavy atom. The van der Waals surface area contributed by atoms with Gasteiger partial charge in [-0.2, -0.15) is 0 Å². The van der Waals surface area contributed by atoms with Crippen LogP contribution in [0.4, 0.5) is 10.1 Å². The van der Waals surface area contributed by atoms with Crippen molar-refractivity contribution in [2.75, 3.05) is 18.0 Å². The summed E-state index contributed by atoms with van der Waals surface area (Å²) in [6.07, 6.45) is 1.98. The molecule has 1 saturated heterocycles. The predicted molar refractivity (Wildman–Crippen MR) is 103 cm³/mol. The highest BCUT2D eigenvalue weighted by atomic mass is 19.1. The summed E-state index contributed by atoms with van der Waals surface area (Å²) in [5.41, 5.74) is 3.92. The normalized spacial score (nSPS) is 17.4. The van der Waals surface area contributed by atoms with E-state index in [1.807, 2.05) is 36.9 Å². The minimum Gasteiger partial charge on any atom is -0.366 e. The average Bonchev–Trinajstić information content (AvgIpc) is 3.23. The number of aryl methyl sites for hydroxylation is 2. The maximum atomic E-state index is 13.4. The minimum atomic E-state index is -0.370. The first-order valence-corrected chi connectivity index (χ1v) is 9.18. The molecule has 1 fully saturated rings. The first-order chi connectivity index (χ1) is 13.0. The number of amides is 2. The number of halogens is 1. The number of imide groups is 1. The lowest BCUT2D eigenvalue weighted by Gasteiger charge is -2.21. The second-order valence-corrected chi connectivity index (χ2v) is 7.16. The molecule has 0 unspecified atom stereocenters. The molecule has 0 aliphatic carbocycles. The molecule has 0 radical (unpaired) electrons. The zero-order chi connectivity index (χ0) is 19.1. The van der Waals surface area contributed by atoms with E-state index < -0.39 is 0 Å². The Morgan fingerprint density at radius 2 is 1.56 bits per heavy atom. The lowest BCUT2D eigenvalue weighted by atomic mass is 10.0. The quantitative estimate of drug-likeness (QED) is 0.778. The molecule has 4 nitrogen and oxygen atoms in total. The zero-order valence-electron chi connectivity index (χ0n) is 15.5. The van der Waals surface area contributed by atoms with Crippen molar-refractivity contribution in [3.05, 3.63) is 70.7 Å². The van der Waals surface area contributed by atoms with Crippen molar-refractivity contribution in [1.82, 2.24) is 4.90 Å². The molecule has 2 amide bonds. The number of hydrogen-bond acceptors (Lipinski definition) is 3. The van der Waals surface area contributed by atoms with Gasteiger partial charge in [-0.1, -0.05) is 29.8 Å². The van der Waals surface area contributed by atoms with Gasteiger partial charge < -0.3 is 4.90 Å². The number of anilines is 1. The monoisotopic (exact) mass is 364 g/mol. The highest BCUT2D eigenvalue weighted by Gasteiger charge is 2.43. The Bertz CT molecular complexity index is 957. The SMILES string of the molecule is Cc1ccc(N2C(=O)C(c3ccc(F)cc3)=C(N3CCCC3)C2=O)c(C)c1. The number of likely N-dealkylation sites (tertiary alicyclic amines) is 1. The Morgan fingerprint density at radius 1 is 0.889 bits per heavy atom. The van der Waals surface area contributed by atoms with Gasteiger partial charge in [-0.3, -0.25) is 9.59 Å². The van der Waals surface area contributed by atoms with Crippen LogP contribution in [0.2, 0.25) is 0 Å². The molecule has 2 aromatic carbocycles. The van der Waals surface area contributed by atoms with Crippen LogP contribution in [0.5, 0.6) is 0 Å². The van der Waals surface area contributed by atoms with E-state index in [0.717, 1.165) is 37.1 Å². The molecule has 0 N–H and O–H groups in total. The summed E-state index contributed by atoms with van der Waals surface area (Å²) >= 11 is 0. The van der Waals surface area contributed by atoms with Crippen LogP contribution in [0, 0.1) is 19.7 Å². The molecule has 2 aromatic rings. The maximum Gasteiger partial charge on any atom is 0.282 e. The lowest BCUT2D eigenvalue weighted by molar-refractivity contribution is -0.120. The van der Waals surface area contributed by atoms with Gasteiger partial charge in [0.25, 0.3) is 11.8 Å². The molecule has 0 atom stereocenters. The molecule has 138 valence electrons. The first kappa shape index (κ1) is 17.5. The molecule has 2 aliphatic heterocycles. The lowest BCUT2D eigenvalue weighted by Crippen LogP contribution is -2.35. The third kappa shape index (κ3) is 2.93. The number of nitrogens with zero attached hydrogens (tertiary/aromatic N) is 2. The standard InChI is InChI=1S/C22H21FN2O2/c1-14-5-10-18(15(2)13-14)25-21(26)19(16-6-8-17(23)9-7-16)20(22(25)27)24-11-3-4-12-24/h5-10,13H,3-4,11-12H2,1-2H3.